The Morgan fingerprint density at radius 1 is 1.28 bits per heavy atom. The summed E-state index contributed by atoms with van der Waals surface area (Å²) in [5.41, 5.74) is 1.64. The van der Waals surface area contributed by atoms with Gasteiger partial charge in [0.05, 0.1) is 43.9 Å². The Morgan fingerprint density at radius 3 is 2.55 bits per heavy atom. The molecule has 29 heavy (non-hydrogen) atoms. The van der Waals surface area contributed by atoms with Crippen molar-refractivity contribution in [2.24, 2.45) is 5.92 Å². The third-order valence-corrected chi connectivity index (χ3v) is 5.68. The number of aryl methyl sites for hydroxylation is 1. The van der Waals surface area contributed by atoms with Gasteiger partial charge in [0.1, 0.15) is 0 Å². The van der Waals surface area contributed by atoms with E-state index in [0.717, 1.165) is 31.5 Å². The molecule has 162 valence electrons. The van der Waals surface area contributed by atoms with Gasteiger partial charge in [-0.2, -0.15) is 0 Å². The lowest BCUT2D eigenvalue weighted by Crippen LogP contribution is -3.00. The molecule has 1 aromatic carbocycles. The molecule has 1 aliphatic rings. The fourth-order valence-corrected chi connectivity index (χ4v) is 4.03. The number of esters is 1. The highest BCUT2D eigenvalue weighted by Gasteiger charge is 2.39. The molecule has 1 fully saturated rings. The lowest BCUT2D eigenvalue weighted by atomic mass is 9.94. The van der Waals surface area contributed by atoms with Gasteiger partial charge in [0, 0.05) is 14.1 Å². The summed E-state index contributed by atoms with van der Waals surface area (Å²) in [6.07, 6.45) is 1.78. The van der Waals surface area contributed by atoms with Crippen LogP contribution in [0.4, 0.5) is 5.69 Å². The van der Waals surface area contributed by atoms with E-state index in [1.165, 1.54) is 7.11 Å². The number of halogens is 1. The highest BCUT2D eigenvalue weighted by molar-refractivity contribution is 6.02. The smallest absolute Gasteiger partial charge is 0.339 e. The van der Waals surface area contributed by atoms with Crippen molar-refractivity contribution in [3.05, 3.63) is 29.3 Å². The van der Waals surface area contributed by atoms with Crippen LogP contribution in [0.2, 0.25) is 0 Å². The third-order valence-electron chi connectivity index (χ3n) is 5.68. The number of ether oxygens (including phenoxy) is 1. The molecule has 2 atom stereocenters. The summed E-state index contributed by atoms with van der Waals surface area (Å²) in [5.74, 6) is -0.559. The summed E-state index contributed by atoms with van der Waals surface area (Å²) in [6.45, 7) is 6.50. The highest BCUT2D eigenvalue weighted by atomic mass is 127. The van der Waals surface area contributed by atoms with Gasteiger partial charge in [0.2, 0.25) is 5.91 Å². The number of carbonyl (C=O) groups is 3. The van der Waals surface area contributed by atoms with E-state index >= 15 is 0 Å². The number of rotatable bonds is 6. The molecule has 2 amide bonds. The molecule has 1 aliphatic heterocycles. The van der Waals surface area contributed by atoms with Crippen LogP contribution in [-0.2, 0) is 14.3 Å². The second-order valence-electron chi connectivity index (χ2n) is 7.83. The summed E-state index contributed by atoms with van der Waals surface area (Å²) < 4.78 is 5.41. The van der Waals surface area contributed by atoms with Crippen molar-refractivity contribution in [2.45, 2.75) is 26.7 Å². The third kappa shape index (κ3) is 6.15. The maximum absolute atomic E-state index is 12.9. The van der Waals surface area contributed by atoms with Crippen LogP contribution in [0.3, 0.4) is 0 Å². The molecule has 1 N–H and O–H groups in total. The molecular weight excluding hydrogens is 485 g/mol. The summed E-state index contributed by atoms with van der Waals surface area (Å²) in [4.78, 5) is 39.0. The SMILES string of the molecule is CC[N+]1(CC(=O)Nc2c(C)cccc2C(=O)OC)CCCC(C(=O)N(C)C)C1.[I-]. The number of piperidine rings is 1. The molecule has 0 radical (unpaired) electrons. The second-order valence-corrected chi connectivity index (χ2v) is 7.83. The number of methoxy groups -OCH3 is 1. The number of likely N-dealkylation sites (N-methyl/N-ethyl adjacent to an activating group) is 1. The fourth-order valence-electron chi connectivity index (χ4n) is 4.03. The molecular formula is C21H32IN3O4. The van der Waals surface area contributed by atoms with Gasteiger partial charge >= 0.3 is 5.97 Å². The van der Waals surface area contributed by atoms with Crippen molar-refractivity contribution < 1.29 is 47.6 Å². The molecule has 1 heterocycles. The van der Waals surface area contributed by atoms with Crippen molar-refractivity contribution in [3.63, 3.8) is 0 Å². The molecule has 1 saturated heterocycles. The number of hydrogen-bond donors (Lipinski definition) is 1. The second kappa shape index (κ2) is 10.9. The summed E-state index contributed by atoms with van der Waals surface area (Å²) in [7, 11) is 4.87. The quantitative estimate of drug-likeness (QED) is 0.301. The zero-order valence-corrected chi connectivity index (χ0v) is 20.1. The molecule has 0 bridgehead atoms. The largest absolute Gasteiger partial charge is 1.00 e. The Balaban J connectivity index is 0.00000420. The van der Waals surface area contributed by atoms with Crippen LogP contribution in [0.1, 0.15) is 35.7 Å². The summed E-state index contributed by atoms with van der Waals surface area (Å²) in [6, 6.07) is 5.25. The standard InChI is InChI=1S/C21H31N3O4.HI/c1-6-24(12-8-10-16(13-24)20(26)23(3)4)14-18(25)22-19-15(2)9-7-11-17(19)21(27)28-5;/h7,9,11,16H,6,8,10,12-14H2,1-5H3;1H. The van der Waals surface area contributed by atoms with E-state index < -0.39 is 5.97 Å². The van der Waals surface area contributed by atoms with Crippen molar-refractivity contribution in [1.29, 1.82) is 0 Å². The first kappa shape index (κ1) is 25.4. The summed E-state index contributed by atoms with van der Waals surface area (Å²) >= 11 is 0. The average Bonchev–Trinajstić information content (AvgIpc) is 2.68. The minimum absolute atomic E-state index is 0. The zero-order chi connectivity index (χ0) is 20.9. The first-order valence-corrected chi connectivity index (χ1v) is 9.77. The predicted octanol–water partition coefficient (Wildman–Crippen LogP) is -0.941. The number of benzene rings is 1. The number of quaternary nitrogens is 1. The van der Waals surface area contributed by atoms with Gasteiger partial charge in [-0.3, -0.25) is 9.59 Å². The molecule has 0 aromatic heterocycles. The maximum Gasteiger partial charge on any atom is 0.339 e. The van der Waals surface area contributed by atoms with E-state index in [0.29, 0.717) is 22.3 Å². The van der Waals surface area contributed by atoms with Gasteiger partial charge in [-0.15, -0.1) is 0 Å². The van der Waals surface area contributed by atoms with Crippen LogP contribution < -0.4 is 29.3 Å². The molecule has 1 aromatic rings. The number of nitrogens with one attached hydrogen (secondary N) is 1. The van der Waals surface area contributed by atoms with Crippen molar-refractivity contribution in [3.8, 4) is 0 Å². The Morgan fingerprint density at radius 2 is 1.97 bits per heavy atom. The normalized spacial score (nSPS) is 20.9. The van der Waals surface area contributed by atoms with Gasteiger partial charge in [-0.1, -0.05) is 12.1 Å². The zero-order valence-electron chi connectivity index (χ0n) is 18.0. The van der Waals surface area contributed by atoms with Crippen LogP contribution in [0.5, 0.6) is 0 Å². The van der Waals surface area contributed by atoms with Gasteiger partial charge in [0.15, 0.2) is 6.54 Å². The molecule has 7 nitrogen and oxygen atoms in total. The van der Waals surface area contributed by atoms with Crippen LogP contribution >= 0.6 is 0 Å². The Labute approximate surface area is 190 Å². The maximum atomic E-state index is 12.9. The van der Waals surface area contributed by atoms with Gasteiger partial charge in [-0.05, 0) is 38.3 Å². The Kier molecular flexibility index (Phi) is 9.54. The van der Waals surface area contributed by atoms with Crippen LogP contribution in [0, 0.1) is 12.8 Å². The van der Waals surface area contributed by atoms with Crippen LogP contribution in [-0.4, -0.2) is 74.6 Å². The van der Waals surface area contributed by atoms with E-state index in [4.69, 9.17) is 4.74 Å². The van der Waals surface area contributed by atoms with Gasteiger partial charge < -0.3 is 43.4 Å². The van der Waals surface area contributed by atoms with E-state index in [9.17, 15) is 14.4 Å². The van der Waals surface area contributed by atoms with Crippen LogP contribution in [0.15, 0.2) is 18.2 Å². The average molecular weight is 517 g/mol. The number of nitrogens with zero attached hydrogens (tertiary/aromatic N) is 2. The monoisotopic (exact) mass is 517 g/mol. The first-order chi connectivity index (χ1) is 13.2. The van der Waals surface area contributed by atoms with Crippen molar-refractivity contribution >= 4 is 23.5 Å². The lowest BCUT2D eigenvalue weighted by molar-refractivity contribution is -0.925. The van der Waals surface area contributed by atoms with E-state index in [-0.39, 0.29) is 48.3 Å². The number of amides is 2. The van der Waals surface area contributed by atoms with Crippen molar-refractivity contribution in [2.75, 3.05) is 52.7 Å². The Hall–Kier alpha value is -1.68. The highest BCUT2D eigenvalue weighted by Crippen LogP contribution is 2.26. The predicted molar refractivity (Wildman–Crippen MR) is 108 cm³/mol. The lowest BCUT2D eigenvalue weighted by Gasteiger charge is -2.43. The first-order valence-electron chi connectivity index (χ1n) is 9.77. The molecule has 2 unspecified atom stereocenters. The van der Waals surface area contributed by atoms with E-state index in [1.807, 2.05) is 13.0 Å². The number of carbonyl (C=O) groups excluding carboxylic acids is 3. The van der Waals surface area contributed by atoms with Crippen LogP contribution in [0.25, 0.3) is 0 Å². The topological polar surface area (TPSA) is 75.7 Å². The number of para-hydroxylation sites is 1. The molecule has 2 rings (SSSR count). The molecule has 0 spiro atoms. The van der Waals surface area contributed by atoms with E-state index in [1.54, 1.807) is 31.1 Å². The molecule has 0 saturated carbocycles. The van der Waals surface area contributed by atoms with Crippen molar-refractivity contribution in [1.82, 2.24) is 4.90 Å². The number of likely N-dealkylation sites (tertiary alicyclic amines) is 1. The van der Waals surface area contributed by atoms with Gasteiger partial charge in [0.25, 0.3) is 5.91 Å². The minimum Gasteiger partial charge on any atom is -1.00 e. The Bertz CT molecular complexity index is 753. The van der Waals surface area contributed by atoms with Gasteiger partial charge in [-0.25, -0.2) is 4.79 Å². The van der Waals surface area contributed by atoms with E-state index in [2.05, 4.69) is 12.2 Å². The molecule has 0 aliphatic carbocycles. The number of hydrogen-bond acceptors (Lipinski definition) is 4. The fraction of sp³-hybridized carbons (Fsp3) is 0.571. The molecule has 8 heteroatoms. The summed E-state index contributed by atoms with van der Waals surface area (Å²) in [5, 5.41) is 2.92. The number of anilines is 1. The minimum atomic E-state index is -0.479.